The van der Waals surface area contributed by atoms with Gasteiger partial charge < -0.3 is 14.8 Å². The lowest BCUT2D eigenvalue weighted by molar-refractivity contribution is 0.0374. The van der Waals surface area contributed by atoms with Gasteiger partial charge in [-0.25, -0.2) is 4.98 Å². The van der Waals surface area contributed by atoms with Gasteiger partial charge in [0.15, 0.2) is 0 Å². The Morgan fingerprint density at radius 1 is 1.13 bits per heavy atom. The van der Waals surface area contributed by atoms with Gasteiger partial charge in [-0.2, -0.15) is 0 Å². The van der Waals surface area contributed by atoms with Gasteiger partial charge >= 0.3 is 0 Å². The fraction of sp³-hybridized carbons (Fsp3) is 0.333. The Kier molecular flexibility index (Phi) is 6.57. The molecule has 2 aromatic carbocycles. The van der Waals surface area contributed by atoms with Crippen molar-refractivity contribution < 1.29 is 14.3 Å². The molecule has 1 amide bonds. The summed E-state index contributed by atoms with van der Waals surface area (Å²) in [6, 6.07) is 17.4. The highest BCUT2D eigenvalue weighted by atomic mass is 16.5. The number of amides is 1. The van der Waals surface area contributed by atoms with E-state index in [1.165, 1.54) is 0 Å². The van der Waals surface area contributed by atoms with Crippen LogP contribution in [-0.2, 0) is 4.74 Å². The Balaban J connectivity index is 1.50. The van der Waals surface area contributed by atoms with Gasteiger partial charge in [-0.3, -0.25) is 9.69 Å². The maximum absolute atomic E-state index is 13.0. The number of benzene rings is 2. The number of nitrogens with zero attached hydrogens (tertiary/aromatic N) is 2. The van der Waals surface area contributed by atoms with Crippen molar-refractivity contribution in [2.45, 2.75) is 6.42 Å². The molecule has 6 nitrogen and oxygen atoms in total. The summed E-state index contributed by atoms with van der Waals surface area (Å²) in [5.41, 5.74) is 3.18. The minimum Gasteiger partial charge on any atom is -0.497 e. The van der Waals surface area contributed by atoms with E-state index in [1.807, 2.05) is 54.6 Å². The summed E-state index contributed by atoms with van der Waals surface area (Å²) in [6.45, 7) is 5.14. The first kappa shape index (κ1) is 20.3. The van der Waals surface area contributed by atoms with Gasteiger partial charge in [-0.1, -0.05) is 18.2 Å². The van der Waals surface area contributed by atoms with Gasteiger partial charge in [0.25, 0.3) is 5.91 Å². The first-order chi connectivity index (χ1) is 14.7. The van der Waals surface area contributed by atoms with Crippen molar-refractivity contribution in [2.24, 2.45) is 0 Å². The zero-order chi connectivity index (χ0) is 20.8. The van der Waals surface area contributed by atoms with Crippen LogP contribution in [0, 0.1) is 0 Å². The second-order valence-corrected chi connectivity index (χ2v) is 7.36. The molecular weight excluding hydrogens is 378 g/mol. The smallest absolute Gasteiger partial charge is 0.252 e. The van der Waals surface area contributed by atoms with Crippen molar-refractivity contribution >= 4 is 16.8 Å². The van der Waals surface area contributed by atoms with E-state index < -0.39 is 0 Å². The van der Waals surface area contributed by atoms with Crippen molar-refractivity contribution in [3.05, 3.63) is 60.2 Å². The molecule has 1 N–H and O–H groups in total. The molecule has 1 fully saturated rings. The number of aromatic nitrogens is 1. The van der Waals surface area contributed by atoms with Gasteiger partial charge in [-0.05, 0) is 49.4 Å². The van der Waals surface area contributed by atoms with Gasteiger partial charge in [0.1, 0.15) is 5.75 Å². The summed E-state index contributed by atoms with van der Waals surface area (Å²) in [4.78, 5) is 20.1. The number of carbonyl (C=O) groups is 1. The third kappa shape index (κ3) is 4.78. The molecule has 0 saturated carbocycles. The van der Waals surface area contributed by atoms with E-state index in [9.17, 15) is 4.79 Å². The molecule has 156 valence electrons. The largest absolute Gasteiger partial charge is 0.497 e. The van der Waals surface area contributed by atoms with Crippen molar-refractivity contribution in [1.82, 2.24) is 15.2 Å². The topological polar surface area (TPSA) is 63.7 Å². The van der Waals surface area contributed by atoms with E-state index in [-0.39, 0.29) is 5.91 Å². The molecule has 0 aliphatic carbocycles. The summed E-state index contributed by atoms with van der Waals surface area (Å²) in [5.74, 6) is 0.725. The van der Waals surface area contributed by atoms with Crippen LogP contribution < -0.4 is 10.1 Å². The highest BCUT2D eigenvalue weighted by Gasteiger charge is 2.14. The monoisotopic (exact) mass is 405 g/mol. The number of ether oxygens (including phenoxy) is 2. The number of pyridine rings is 1. The van der Waals surface area contributed by atoms with Crippen molar-refractivity contribution in [3.8, 4) is 17.0 Å². The Labute approximate surface area is 176 Å². The molecule has 30 heavy (non-hydrogen) atoms. The third-order valence-corrected chi connectivity index (χ3v) is 5.39. The van der Waals surface area contributed by atoms with Gasteiger partial charge in [0.2, 0.25) is 0 Å². The van der Waals surface area contributed by atoms with E-state index in [0.717, 1.165) is 67.2 Å². The molecule has 1 saturated heterocycles. The van der Waals surface area contributed by atoms with Crippen LogP contribution in [0.4, 0.5) is 0 Å². The van der Waals surface area contributed by atoms with Crippen LogP contribution in [0.2, 0.25) is 0 Å². The summed E-state index contributed by atoms with van der Waals surface area (Å²) < 4.78 is 10.6. The molecule has 4 rings (SSSR count). The summed E-state index contributed by atoms with van der Waals surface area (Å²) in [6.07, 6.45) is 0.917. The van der Waals surface area contributed by atoms with E-state index in [4.69, 9.17) is 14.5 Å². The maximum Gasteiger partial charge on any atom is 0.252 e. The Morgan fingerprint density at radius 3 is 2.67 bits per heavy atom. The van der Waals surface area contributed by atoms with Crippen molar-refractivity contribution in [1.29, 1.82) is 0 Å². The molecule has 0 unspecified atom stereocenters. The molecule has 0 atom stereocenters. The number of carbonyl (C=O) groups excluding carboxylic acids is 1. The normalized spacial score (nSPS) is 14.6. The number of nitrogens with one attached hydrogen (secondary N) is 1. The van der Waals surface area contributed by atoms with Crippen LogP contribution in [0.25, 0.3) is 22.2 Å². The molecule has 6 heteroatoms. The Hall–Kier alpha value is -2.96. The zero-order valence-electron chi connectivity index (χ0n) is 17.3. The fourth-order valence-corrected chi connectivity index (χ4v) is 3.70. The molecular formula is C24H27N3O3. The first-order valence-corrected chi connectivity index (χ1v) is 10.4. The minimum atomic E-state index is -0.0645. The van der Waals surface area contributed by atoms with E-state index in [0.29, 0.717) is 12.1 Å². The minimum absolute atomic E-state index is 0.0645. The number of methoxy groups -OCH3 is 1. The third-order valence-electron chi connectivity index (χ3n) is 5.39. The SMILES string of the molecule is COc1ccc(-c2cc(C(=O)NCCCN3CCOCC3)c3ccccc3n2)cc1. The molecule has 1 aromatic heterocycles. The molecule has 1 aliphatic rings. The highest BCUT2D eigenvalue weighted by molar-refractivity contribution is 6.07. The van der Waals surface area contributed by atoms with Crippen molar-refractivity contribution in [3.63, 3.8) is 0 Å². The fourth-order valence-electron chi connectivity index (χ4n) is 3.70. The molecule has 0 bridgehead atoms. The van der Waals surface area contributed by atoms with E-state index in [2.05, 4.69) is 10.2 Å². The molecule has 2 heterocycles. The highest BCUT2D eigenvalue weighted by Crippen LogP contribution is 2.26. The Bertz CT molecular complexity index is 998. The lowest BCUT2D eigenvalue weighted by atomic mass is 10.0. The first-order valence-electron chi connectivity index (χ1n) is 10.4. The van der Waals surface area contributed by atoms with Crippen molar-refractivity contribution in [2.75, 3.05) is 46.5 Å². The lowest BCUT2D eigenvalue weighted by Gasteiger charge is -2.26. The lowest BCUT2D eigenvalue weighted by Crippen LogP contribution is -2.38. The zero-order valence-corrected chi connectivity index (χ0v) is 17.3. The van der Waals surface area contributed by atoms with Crippen LogP contribution in [-0.4, -0.2) is 62.3 Å². The predicted molar refractivity (Wildman–Crippen MR) is 118 cm³/mol. The number of fused-ring (bicyclic) bond motifs is 1. The summed E-state index contributed by atoms with van der Waals surface area (Å²) in [7, 11) is 1.64. The van der Waals surface area contributed by atoms with Gasteiger partial charge in [0, 0.05) is 30.6 Å². The standard InChI is InChI=1S/C24H27N3O3/c1-29-19-9-7-18(8-10-19)23-17-21(20-5-2-3-6-22(20)26-23)24(28)25-11-4-12-27-13-15-30-16-14-27/h2-3,5-10,17H,4,11-16H2,1H3,(H,25,28). The van der Waals surface area contributed by atoms with Gasteiger partial charge in [-0.15, -0.1) is 0 Å². The van der Waals surface area contributed by atoms with Crippen LogP contribution in [0.1, 0.15) is 16.8 Å². The van der Waals surface area contributed by atoms with E-state index in [1.54, 1.807) is 7.11 Å². The van der Waals surface area contributed by atoms with E-state index >= 15 is 0 Å². The average molecular weight is 405 g/mol. The number of para-hydroxylation sites is 1. The second-order valence-electron chi connectivity index (χ2n) is 7.36. The predicted octanol–water partition coefficient (Wildman–Crippen LogP) is 3.36. The van der Waals surface area contributed by atoms with Crippen LogP contribution in [0.15, 0.2) is 54.6 Å². The second kappa shape index (κ2) is 9.69. The molecule has 0 spiro atoms. The van der Waals surface area contributed by atoms with Crippen LogP contribution in [0.5, 0.6) is 5.75 Å². The Morgan fingerprint density at radius 2 is 1.90 bits per heavy atom. The van der Waals surface area contributed by atoms with Crippen LogP contribution >= 0.6 is 0 Å². The van der Waals surface area contributed by atoms with Gasteiger partial charge in [0.05, 0.1) is 37.1 Å². The quantitative estimate of drug-likeness (QED) is 0.611. The number of rotatable bonds is 7. The number of hydrogen-bond donors (Lipinski definition) is 1. The summed E-state index contributed by atoms with van der Waals surface area (Å²) >= 11 is 0. The number of morpholine rings is 1. The average Bonchev–Trinajstić information content (AvgIpc) is 2.81. The molecule has 1 aliphatic heterocycles. The van der Waals surface area contributed by atoms with Crippen LogP contribution in [0.3, 0.4) is 0 Å². The molecule has 0 radical (unpaired) electrons. The maximum atomic E-state index is 13.0. The molecule has 3 aromatic rings. The summed E-state index contributed by atoms with van der Waals surface area (Å²) in [5, 5.41) is 3.94. The number of hydrogen-bond acceptors (Lipinski definition) is 5.